The standard InChI is InChI=1S/C11H23NO/c1-10(2,3)7-9(13)12-8-11(4,5)6/h7-8H2,1-6H3,(H,12,13). The van der Waals surface area contributed by atoms with Crippen molar-refractivity contribution in [3.63, 3.8) is 0 Å². The number of rotatable bonds is 2. The van der Waals surface area contributed by atoms with Crippen LogP contribution in [0.25, 0.3) is 0 Å². The van der Waals surface area contributed by atoms with Gasteiger partial charge in [-0.25, -0.2) is 0 Å². The molecule has 0 radical (unpaired) electrons. The first kappa shape index (κ1) is 12.5. The maximum absolute atomic E-state index is 11.4. The topological polar surface area (TPSA) is 29.1 Å². The first-order valence-corrected chi connectivity index (χ1v) is 4.87. The second-order valence-electron chi connectivity index (χ2n) is 6.07. The Kier molecular flexibility index (Phi) is 3.95. The van der Waals surface area contributed by atoms with Gasteiger partial charge in [-0.05, 0) is 10.8 Å². The summed E-state index contributed by atoms with van der Waals surface area (Å²) >= 11 is 0. The van der Waals surface area contributed by atoms with Gasteiger partial charge in [0.2, 0.25) is 5.91 Å². The van der Waals surface area contributed by atoms with Crippen LogP contribution in [-0.4, -0.2) is 12.5 Å². The van der Waals surface area contributed by atoms with E-state index in [1.807, 2.05) is 0 Å². The highest BCUT2D eigenvalue weighted by Crippen LogP contribution is 2.18. The molecule has 0 bridgehead atoms. The van der Waals surface area contributed by atoms with Gasteiger partial charge in [0.1, 0.15) is 0 Å². The minimum atomic E-state index is 0.0853. The molecule has 0 aliphatic carbocycles. The number of hydrogen-bond donors (Lipinski definition) is 1. The number of carbonyl (C=O) groups excluding carboxylic acids is 1. The second-order valence-corrected chi connectivity index (χ2v) is 6.07. The fourth-order valence-corrected chi connectivity index (χ4v) is 0.908. The van der Waals surface area contributed by atoms with Gasteiger partial charge in [-0.1, -0.05) is 41.5 Å². The highest BCUT2D eigenvalue weighted by atomic mass is 16.1. The van der Waals surface area contributed by atoms with Crippen molar-refractivity contribution < 1.29 is 4.79 Å². The molecule has 0 spiro atoms. The van der Waals surface area contributed by atoms with Gasteiger partial charge in [-0.15, -0.1) is 0 Å². The van der Waals surface area contributed by atoms with Gasteiger partial charge >= 0.3 is 0 Å². The van der Waals surface area contributed by atoms with E-state index in [1.165, 1.54) is 0 Å². The number of nitrogens with one attached hydrogen (secondary N) is 1. The van der Waals surface area contributed by atoms with Crippen molar-refractivity contribution in [2.75, 3.05) is 6.54 Å². The van der Waals surface area contributed by atoms with Crippen molar-refractivity contribution in [3.05, 3.63) is 0 Å². The van der Waals surface area contributed by atoms with Crippen molar-refractivity contribution >= 4 is 5.91 Å². The number of amides is 1. The maximum Gasteiger partial charge on any atom is 0.220 e. The van der Waals surface area contributed by atoms with Gasteiger partial charge in [0.25, 0.3) is 0 Å². The third-order valence-electron chi connectivity index (χ3n) is 1.51. The van der Waals surface area contributed by atoms with Gasteiger partial charge in [-0.3, -0.25) is 4.79 Å². The molecule has 0 unspecified atom stereocenters. The average molecular weight is 185 g/mol. The lowest BCUT2D eigenvalue weighted by atomic mass is 9.91. The highest BCUT2D eigenvalue weighted by Gasteiger charge is 2.17. The lowest BCUT2D eigenvalue weighted by Gasteiger charge is -2.21. The molecule has 0 saturated heterocycles. The van der Waals surface area contributed by atoms with Crippen molar-refractivity contribution in [1.29, 1.82) is 0 Å². The lowest BCUT2D eigenvalue weighted by Crippen LogP contribution is -2.34. The van der Waals surface area contributed by atoms with E-state index in [-0.39, 0.29) is 16.7 Å². The summed E-state index contributed by atoms with van der Waals surface area (Å²) in [7, 11) is 0. The zero-order chi connectivity index (χ0) is 10.7. The Morgan fingerprint density at radius 2 is 1.46 bits per heavy atom. The van der Waals surface area contributed by atoms with Crippen LogP contribution in [0.4, 0.5) is 0 Å². The number of carbonyl (C=O) groups is 1. The second kappa shape index (κ2) is 4.12. The normalized spacial score (nSPS) is 12.8. The largest absolute Gasteiger partial charge is 0.356 e. The summed E-state index contributed by atoms with van der Waals surface area (Å²) < 4.78 is 0. The van der Waals surface area contributed by atoms with Crippen LogP contribution >= 0.6 is 0 Å². The zero-order valence-corrected chi connectivity index (χ0v) is 9.82. The molecule has 2 nitrogen and oxygen atoms in total. The molecule has 2 heteroatoms. The maximum atomic E-state index is 11.4. The summed E-state index contributed by atoms with van der Waals surface area (Å²) in [4.78, 5) is 11.4. The summed E-state index contributed by atoms with van der Waals surface area (Å²) in [6.45, 7) is 13.3. The predicted molar refractivity (Wildman–Crippen MR) is 56.5 cm³/mol. The van der Waals surface area contributed by atoms with Crippen LogP contribution in [0.3, 0.4) is 0 Å². The summed E-state index contributed by atoms with van der Waals surface area (Å²) in [6, 6.07) is 0. The molecule has 0 aromatic rings. The third-order valence-corrected chi connectivity index (χ3v) is 1.51. The van der Waals surface area contributed by atoms with Gasteiger partial charge < -0.3 is 5.32 Å². The Labute approximate surface area is 82.1 Å². The third kappa shape index (κ3) is 9.38. The molecule has 0 aliphatic heterocycles. The molecule has 1 N–H and O–H groups in total. The average Bonchev–Trinajstić information content (AvgIpc) is 1.78. The van der Waals surface area contributed by atoms with Crippen LogP contribution in [0.1, 0.15) is 48.0 Å². The van der Waals surface area contributed by atoms with Crippen LogP contribution in [0.5, 0.6) is 0 Å². The van der Waals surface area contributed by atoms with E-state index in [9.17, 15) is 4.79 Å². The Morgan fingerprint density at radius 3 is 1.77 bits per heavy atom. The van der Waals surface area contributed by atoms with Crippen LogP contribution in [-0.2, 0) is 4.79 Å². The van der Waals surface area contributed by atoms with Crippen LogP contribution in [0, 0.1) is 10.8 Å². The molecular weight excluding hydrogens is 162 g/mol. The van der Waals surface area contributed by atoms with E-state index < -0.39 is 0 Å². The van der Waals surface area contributed by atoms with E-state index in [0.717, 1.165) is 6.54 Å². The van der Waals surface area contributed by atoms with Crippen molar-refractivity contribution in [1.82, 2.24) is 5.32 Å². The summed E-state index contributed by atoms with van der Waals surface area (Å²) in [5.74, 6) is 0.155. The van der Waals surface area contributed by atoms with E-state index in [4.69, 9.17) is 0 Å². The first-order valence-electron chi connectivity index (χ1n) is 4.87. The van der Waals surface area contributed by atoms with Crippen molar-refractivity contribution in [3.8, 4) is 0 Å². The quantitative estimate of drug-likeness (QED) is 0.704. The van der Waals surface area contributed by atoms with Crippen molar-refractivity contribution in [2.24, 2.45) is 10.8 Å². The van der Waals surface area contributed by atoms with E-state index in [1.54, 1.807) is 0 Å². The van der Waals surface area contributed by atoms with Crippen LogP contribution < -0.4 is 5.32 Å². The van der Waals surface area contributed by atoms with E-state index in [2.05, 4.69) is 46.9 Å². The molecule has 13 heavy (non-hydrogen) atoms. The summed E-state index contributed by atoms with van der Waals surface area (Å²) in [5.41, 5.74) is 0.259. The van der Waals surface area contributed by atoms with Gasteiger partial charge in [0.15, 0.2) is 0 Å². The fraction of sp³-hybridized carbons (Fsp3) is 0.909. The molecular formula is C11H23NO. The molecule has 1 amide bonds. The number of hydrogen-bond acceptors (Lipinski definition) is 1. The smallest absolute Gasteiger partial charge is 0.220 e. The van der Waals surface area contributed by atoms with E-state index in [0.29, 0.717) is 6.42 Å². The highest BCUT2D eigenvalue weighted by molar-refractivity contribution is 5.76. The Bertz CT molecular complexity index is 172. The Hall–Kier alpha value is -0.530. The minimum Gasteiger partial charge on any atom is -0.356 e. The first-order chi connectivity index (χ1) is 5.60. The van der Waals surface area contributed by atoms with Gasteiger partial charge in [0, 0.05) is 13.0 Å². The SMILES string of the molecule is CC(C)(C)CNC(=O)CC(C)(C)C. The molecule has 0 atom stereocenters. The summed E-state index contributed by atoms with van der Waals surface area (Å²) in [5, 5.41) is 2.94. The molecule has 0 aromatic carbocycles. The molecule has 0 fully saturated rings. The fourth-order valence-electron chi connectivity index (χ4n) is 0.908. The monoisotopic (exact) mass is 185 g/mol. The molecule has 0 aromatic heterocycles. The summed E-state index contributed by atoms with van der Waals surface area (Å²) in [6.07, 6.45) is 0.600. The van der Waals surface area contributed by atoms with Crippen molar-refractivity contribution in [2.45, 2.75) is 48.0 Å². The molecule has 0 saturated carbocycles. The molecule has 0 aliphatic rings. The Morgan fingerprint density at radius 1 is 1.00 bits per heavy atom. The molecule has 0 rings (SSSR count). The van der Waals surface area contributed by atoms with Crippen LogP contribution in [0.2, 0.25) is 0 Å². The molecule has 78 valence electrons. The Balaban J connectivity index is 3.78. The van der Waals surface area contributed by atoms with Gasteiger partial charge in [-0.2, -0.15) is 0 Å². The van der Waals surface area contributed by atoms with Gasteiger partial charge in [0.05, 0.1) is 0 Å². The molecule has 0 heterocycles. The van der Waals surface area contributed by atoms with Crippen LogP contribution in [0.15, 0.2) is 0 Å². The lowest BCUT2D eigenvalue weighted by molar-refractivity contribution is -0.123. The van der Waals surface area contributed by atoms with E-state index >= 15 is 0 Å². The predicted octanol–water partition coefficient (Wildman–Crippen LogP) is 2.58. The zero-order valence-electron chi connectivity index (χ0n) is 9.82. The minimum absolute atomic E-state index is 0.0853.